The van der Waals surface area contributed by atoms with E-state index < -0.39 is 0 Å². The van der Waals surface area contributed by atoms with E-state index in [4.69, 9.17) is 4.74 Å². The van der Waals surface area contributed by atoms with Gasteiger partial charge in [-0.1, -0.05) is 6.92 Å². The number of carbonyl (C=O) groups is 1. The third-order valence-corrected chi connectivity index (χ3v) is 1.53. The fraction of sp³-hybridized carbons (Fsp3) is 0.900. The van der Waals surface area contributed by atoms with Crippen molar-refractivity contribution >= 4 is 5.91 Å². The van der Waals surface area contributed by atoms with E-state index in [-0.39, 0.29) is 18.6 Å². The summed E-state index contributed by atoms with van der Waals surface area (Å²) in [6.07, 6.45) is 1.12. The average Bonchev–Trinajstić information content (AvgIpc) is 2.10. The largest absolute Gasteiger partial charge is 0.370 e. The lowest BCUT2D eigenvalue weighted by molar-refractivity contribution is -0.126. The summed E-state index contributed by atoms with van der Waals surface area (Å²) < 4.78 is 5.17. The Bertz CT molecular complexity index is 149. The molecule has 4 nitrogen and oxygen atoms in total. The van der Waals surface area contributed by atoms with Crippen LogP contribution in [0.15, 0.2) is 0 Å². The van der Waals surface area contributed by atoms with Gasteiger partial charge < -0.3 is 15.4 Å². The summed E-state index contributed by atoms with van der Waals surface area (Å²) in [4.78, 5) is 11.1. The van der Waals surface area contributed by atoms with E-state index in [9.17, 15) is 4.79 Å². The number of hydrogen-bond donors (Lipinski definition) is 2. The van der Waals surface area contributed by atoms with Crippen LogP contribution in [0.2, 0.25) is 0 Å². The molecule has 14 heavy (non-hydrogen) atoms. The van der Waals surface area contributed by atoms with Crippen molar-refractivity contribution in [3.8, 4) is 0 Å². The number of amides is 1. The first-order valence-electron chi connectivity index (χ1n) is 5.24. The summed E-state index contributed by atoms with van der Waals surface area (Å²) >= 11 is 0. The Morgan fingerprint density at radius 3 is 2.64 bits per heavy atom. The Labute approximate surface area is 86.4 Å². The second-order valence-corrected chi connectivity index (χ2v) is 3.52. The van der Waals surface area contributed by atoms with Crippen molar-refractivity contribution in [2.75, 3.05) is 26.3 Å². The molecule has 0 aromatic carbocycles. The van der Waals surface area contributed by atoms with Crippen molar-refractivity contribution in [2.24, 2.45) is 0 Å². The molecular weight excluding hydrogens is 180 g/mol. The van der Waals surface area contributed by atoms with Gasteiger partial charge in [-0.15, -0.1) is 0 Å². The summed E-state index contributed by atoms with van der Waals surface area (Å²) in [6.45, 7) is 8.53. The highest BCUT2D eigenvalue weighted by Gasteiger charge is 2.01. The molecule has 0 unspecified atom stereocenters. The van der Waals surface area contributed by atoms with Crippen molar-refractivity contribution in [1.29, 1.82) is 0 Å². The molecule has 2 N–H and O–H groups in total. The molecule has 0 spiro atoms. The summed E-state index contributed by atoms with van der Waals surface area (Å²) in [5.41, 5.74) is 0. The van der Waals surface area contributed by atoms with Crippen LogP contribution in [-0.4, -0.2) is 38.3 Å². The van der Waals surface area contributed by atoms with Gasteiger partial charge >= 0.3 is 0 Å². The predicted molar refractivity (Wildman–Crippen MR) is 57.3 cm³/mol. The van der Waals surface area contributed by atoms with E-state index in [2.05, 4.69) is 17.6 Å². The van der Waals surface area contributed by atoms with E-state index in [1.807, 2.05) is 13.8 Å². The standard InChI is InChI=1S/C10H22N2O2/c1-4-5-11-6-7-14-8-10(13)12-9(2)3/h9,11H,4-8H2,1-3H3,(H,12,13). The number of hydrogen-bond acceptors (Lipinski definition) is 3. The van der Waals surface area contributed by atoms with Crippen molar-refractivity contribution in [1.82, 2.24) is 10.6 Å². The van der Waals surface area contributed by atoms with Crippen LogP contribution in [0.25, 0.3) is 0 Å². The smallest absolute Gasteiger partial charge is 0.246 e. The van der Waals surface area contributed by atoms with E-state index in [0.29, 0.717) is 6.61 Å². The van der Waals surface area contributed by atoms with Gasteiger partial charge in [0.15, 0.2) is 0 Å². The molecule has 0 saturated heterocycles. The van der Waals surface area contributed by atoms with Gasteiger partial charge in [0, 0.05) is 12.6 Å². The van der Waals surface area contributed by atoms with Crippen LogP contribution >= 0.6 is 0 Å². The zero-order chi connectivity index (χ0) is 10.8. The van der Waals surface area contributed by atoms with Crippen LogP contribution in [0.5, 0.6) is 0 Å². The van der Waals surface area contributed by atoms with Gasteiger partial charge in [-0.05, 0) is 26.8 Å². The molecule has 0 saturated carbocycles. The number of carbonyl (C=O) groups excluding carboxylic acids is 1. The maximum Gasteiger partial charge on any atom is 0.246 e. The molecule has 0 aliphatic rings. The lowest BCUT2D eigenvalue weighted by atomic mass is 10.4. The molecule has 0 radical (unpaired) electrons. The Kier molecular flexibility index (Phi) is 8.57. The Morgan fingerprint density at radius 1 is 1.36 bits per heavy atom. The van der Waals surface area contributed by atoms with Crippen molar-refractivity contribution in [3.63, 3.8) is 0 Å². The van der Waals surface area contributed by atoms with Crippen molar-refractivity contribution < 1.29 is 9.53 Å². The average molecular weight is 202 g/mol. The molecular formula is C10H22N2O2. The van der Waals surface area contributed by atoms with Crippen LogP contribution in [0.4, 0.5) is 0 Å². The zero-order valence-electron chi connectivity index (χ0n) is 9.43. The maximum absolute atomic E-state index is 11.1. The molecule has 4 heteroatoms. The quantitative estimate of drug-likeness (QED) is 0.564. The van der Waals surface area contributed by atoms with E-state index in [0.717, 1.165) is 19.5 Å². The van der Waals surface area contributed by atoms with E-state index in [1.165, 1.54) is 0 Å². The molecule has 1 amide bonds. The SMILES string of the molecule is CCCNCCOCC(=O)NC(C)C. The lowest BCUT2D eigenvalue weighted by Crippen LogP contribution is -2.34. The number of rotatable bonds is 8. The predicted octanol–water partition coefficient (Wildman–Crippen LogP) is 0.527. The minimum Gasteiger partial charge on any atom is -0.370 e. The molecule has 0 bridgehead atoms. The normalized spacial score (nSPS) is 10.6. The molecule has 84 valence electrons. The second-order valence-electron chi connectivity index (χ2n) is 3.52. The molecule has 0 aromatic heterocycles. The van der Waals surface area contributed by atoms with Crippen molar-refractivity contribution in [2.45, 2.75) is 33.2 Å². The Balaban J connectivity index is 3.15. The van der Waals surface area contributed by atoms with Gasteiger partial charge in [0.1, 0.15) is 6.61 Å². The van der Waals surface area contributed by atoms with Crippen LogP contribution < -0.4 is 10.6 Å². The number of nitrogens with one attached hydrogen (secondary N) is 2. The van der Waals surface area contributed by atoms with Crippen molar-refractivity contribution in [3.05, 3.63) is 0 Å². The number of ether oxygens (including phenoxy) is 1. The Morgan fingerprint density at radius 2 is 2.07 bits per heavy atom. The fourth-order valence-electron chi connectivity index (χ4n) is 0.975. The van der Waals surface area contributed by atoms with Gasteiger partial charge in [-0.2, -0.15) is 0 Å². The fourth-order valence-corrected chi connectivity index (χ4v) is 0.975. The van der Waals surface area contributed by atoms with E-state index >= 15 is 0 Å². The third kappa shape index (κ3) is 9.48. The van der Waals surface area contributed by atoms with Crippen LogP contribution in [0.3, 0.4) is 0 Å². The summed E-state index contributed by atoms with van der Waals surface area (Å²) in [5, 5.41) is 5.95. The van der Waals surface area contributed by atoms with E-state index in [1.54, 1.807) is 0 Å². The van der Waals surface area contributed by atoms with Gasteiger partial charge in [0.05, 0.1) is 6.61 Å². The zero-order valence-corrected chi connectivity index (χ0v) is 9.43. The monoisotopic (exact) mass is 202 g/mol. The molecule has 0 atom stereocenters. The lowest BCUT2D eigenvalue weighted by Gasteiger charge is -2.08. The molecule has 0 heterocycles. The first-order chi connectivity index (χ1) is 6.66. The molecule has 0 rings (SSSR count). The van der Waals surface area contributed by atoms with Gasteiger partial charge in [-0.3, -0.25) is 4.79 Å². The summed E-state index contributed by atoms with van der Waals surface area (Å²) in [5.74, 6) is -0.0458. The van der Waals surface area contributed by atoms with Gasteiger partial charge in [0.25, 0.3) is 0 Å². The first kappa shape index (κ1) is 13.4. The maximum atomic E-state index is 11.1. The van der Waals surface area contributed by atoms with Gasteiger partial charge in [0.2, 0.25) is 5.91 Å². The second kappa shape index (κ2) is 8.97. The minimum absolute atomic E-state index is 0.0458. The highest BCUT2D eigenvalue weighted by atomic mass is 16.5. The minimum atomic E-state index is -0.0458. The third-order valence-electron chi connectivity index (χ3n) is 1.53. The molecule has 0 aliphatic heterocycles. The molecule has 0 aliphatic carbocycles. The molecule has 0 aromatic rings. The first-order valence-corrected chi connectivity index (χ1v) is 5.24. The van der Waals surface area contributed by atoms with Gasteiger partial charge in [-0.25, -0.2) is 0 Å². The summed E-state index contributed by atoms with van der Waals surface area (Å²) in [6, 6.07) is 0.185. The topological polar surface area (TPSA) is 50.4 Å². The van der Waals surface area contributed by atoms with Crippen LogP contribution in [0.1, 0.15) is 27.2 Å². The highest BCUT2D eigenvalue weighted by Crippen LogP contribution is 1.79. The van der Waals surface area contributed by atoms with Crippen LogP contribution in [-0.2, 0) is 9.53 Å². The van der Waals surface area contributed by atoms with Crippen LogP contribution in [0, 0.1) is 0 Å². The highest BCUT2D eigenvalue weighted by molar-refractivity contribution is 5.77. The summed E-state index contributed by atoms with van der Waals surface area (Å²) in [7, 11) is 0. The molecule has 0 fully saturated rings. The Hall–Kier alpha value is -0.610.